The molecule has 134 valence electrons. The van der Waals surface area contributed by atoms with E-state index < -0.39 is 0 Å². The number of nitrogens with one attached hydrogen (secondary N) is 1. The third kappa shape index (κ3) is 4.29. The number of rotatable bonds is 8. The smallest absolute Gasteiger partial charge is 0.227 e. The van der Waals surface area contributed by atoms with Gasteiger partial charge < -0.3 is 19.3 Å². The highest BCUT2D eigenvalue weighted by molar-refractivity contribution is 5.76. The lowest BCUT2D eigenvalue weighted by atomic mass is 10.2. The summed E-state index contributed by atoms with van der Waals surface area (Å²) in [4.78, 5) is 16.2. The summed E-state index contributed by atoms with van der Waals surface area (Å²) in [6, 6.07) is 5.41. The molecule has 1 saturated carbocycles. The van der Waals surface area contributed by atoms with Crippen molar-refractivity contribution in [1.82, 2.24) is 15.5 Å². The van der Waals surface area contributed by atoms with Gasteiger partial charge in [0.25, 0.3) is 0 Å². The van der Waals surface area contributed by atoms with Gasteiger partial charge in [-0.25, -0.2) is 0 Å². The van der Waals surface area contributed by atoms with Crippen molar-refractivity contribution in [3.63, 3.8) is 0 Å². The van der Waals surface area contributed by atoms with E-state index in [1.807, 2.05) is 6.07 Å². The van der Waals surface area contributed by atoms with E-state index in [0.29, 0.717) is 42.0 Å². The van der Waals surface area contributed by atoms with E-state index >= 15 is 0 Å². The first kappa shape index (κ1) is 17.3. The second-order valence-corrected chi connectivity index (χ2v) is 6.36. The molecular formula is C18H23N3O4. The Labute approximate surface area is 146 Å². The number of benzene rings is 1. The van der Waals surface area contributed by atoms with Crippen molar-refractivity contribution in [3.05, 3.63) is 24.1 Å². The van der Waals surface area contributed by atoms with E-state index in [-0.39, 0.29) is 5.91 Å². The molecular weight excluding hydrogens is 322 g/mol. The van der Waals surface area contributed by atoms with Crippen LogP contribution in [-0.4, -0.2) is 36.8 Å². The van der Waals surface area contributed by atoms with Crippen LogP contribution in [0.1, 0.15) is 25.7 Å². The molecule has 0 unspecified atom stereocenters. The zero-order chi connectivity index (χ0) is 17.8. The average molecular weight is 345 g/mol. The lowest BCUT2D eigenvalue weighted by molar-refractivity contribution is -0.121. The largest absolute Gasteiger partial charge is 0.493 e. The quantitative estimate of drug-likeness (QED) is 0.791. The Bertz CT molecular complexity index is 744. The van der Waals surface area contributed by atoms with Crippen molar-refractivity contribution in [2.24, 2.45) is 11.8 Å². The number of ether oxygens (including phenoxy) is 2. The van der Waals surface area contributed by atoms with Gasteiger partial charge in [-0.3, -0.25) is 4.79 Å². The van der Waals surface area contributed by atoms with Crippen LogP contribution in [-0.2, 0) is 11.2 Å². The standard InChI is InChI=1S/C18H23N3O4/c1-11-8-13(11)10-19-16(22)6-7-17-20-18(21-25-17)12-4-5-14(23-2)15(9-12)24-3/h4-5,9,11,13H,6-8,10H2,1-3H3,(H,19,22)/t11-,13+/m1/s1. The Hall–Kier alpha value is -2.57. The Morgan fingerprint density at radius 1 is 1.32 bits per heavy atom. The molecule has 2 aromatic rings. The van der Waals surface area contributed by atoms with Crippen molar-refractivity contribution >= 4 is 5.91 Å². The Morgan fingerprint density at radius 2 is 2.08 bits per heavy atom. The monoisotopic (exact) mass is 345 g/mol. The topological polar surface area (TPSA) is 86.5 Å². The number of carbonyl (C=O) groups is 1. The second-order valence-electron chi connectivity index (χ2n) is 6.36. The van der Waals surface area contributed by atoms with Crippen molar-refractivity contribution in [2.75, 3.05) is 20.8 Å². The van der Waals surface area contributed by atoms with E-state index in [9.17, 15) is 4.79 Å². The molecule has 7 heteroatoms. The van der Waals surface area contributed by atoms with Gasteiger partial charge in [-0.15, -0.1) is 0 Å². The van der Waals surface area contributed by atoms with Crippen LogP contribution in [0.3, 0.4) is 0 Å². The first-order valence-corrected chi connectivity index (χ1v) is 8.42. The zero-order valence-corrected chi connectivity index (χ0v) is 14.7. The van der Waals surface area contributed by atoms with Crippen LogP contribution < -0.4 is 14.8 Å². The van der Waals surface area contributed by atoms with Crippen LogP contribution >= 0.6 is 0 Å². The molecule has 0 radical (unpaired) electrons. The molecule has 1 aromatic heterocycles. The molecule has 0 saturated heterocycles. The normalized spacial score (nSPS) is 18.7. The molecule has 1 N–H and O–H groups in total. The third-order valence-corrected chi connectivity index (χ3v) is 4.51. The molecule has 1 fully saturated rings. The maximum atomic E-state index is 11.9. The lowest BCUT2D eigenvalue weighted by Crippen LogP contribution is -2.26. The van der Waals surface area contributed by atoms with Gasteiger partial charge in [0, 0.05) is 24.9 Å². The first-order valence-electron chi connectivity index (χ1n) is 8.42. The zero-order valence-electron chi connectivity index (χ0n) is 14.7. The molecule has 7 nitrogen and oxygen atoms in total. The molecule has 1 amide bonds. The molecule has 0 aliphatic heterocycles. The van der Waals surface area contributed by atoms with Gasteiger partial charge in [0.2, 0.25) is 17.6 Å². The highest BCUT2D eigenvalue weighted by Crippen LogP contribution is 2.36. The van der Waals surface area contributed by atoms with Gasteiger partial charge in [0.05, 0.1) is 14.2 Å². The van der Waals surface area contributed by atoms with E-state index in [1.165, 1.54) is 6.42 Å². The molecule has 0 bridgehead atoms. The lowest BCUT2D eigenvalue weighted by Gasteiger charge is -2.07. The number of hydrogen-bond acceptors (Lipinski definition) is 6. The summed E-state index contributed by atoms with van der Waals surface area (Å²) in [5, 5.41) is 6.93. The average Bonchev–Trinajstić information content (AvgIpc) is 3.14. The van der Waals surface area contributed by atoms with Crippen LogP contribution in [0.2, 0.25) is 0 Å². The van der Waals surface area contributed by atoms with Crippen LogP contribution in [0, 0.1) is 11.8 Å². The minimum absolute atomic E-state index is 0.0185. The molecule has 25 heavy (non-hydrogen) atoms. The second kappa shape index (κ2) is 7.55. The highest BCUT2D eigenvalue weighted by atomic mass is 16.5. The van der Waals surface area contributed by atoms with Crippen LogP contribution in [0.25, 0.3) is 11.4 Å². The molecule has 2 atom stereocenters. The maximum Gasteiger partial charge on any atom is 0.227 e. The van der Waals surface area contributed by atoms with Gasteiger partial charge in [-0.1, -0.05) is 12.1 Å². The van der Waals surface area contributed by atoms with Gasteiger partial charge in [0.15, 0.2) is 11.5 Å². The van der Waals surface area contributed by atoms with Crippen LogP contribution in [0.5, 0.6) is 11.5 Å². The molecule has 3 rings (SSSR count). The van der Waals surface area contributed by atoms with Crippen LogP contribution in [0.4, 0.5) is 0 Å². The summed E-state index contributed by atoms with van der Waals surface area (Å²) in [5.41, 5.74) is 0.764. The van der Waals surface area contributed by atoms with Gasteiger partial charge in [-0.05, 0) is 36.5 Å². The minimum atomic E-state index is 0.0185. The fourth-order valence-electron chi connectivity index (χ4n) is 2.69. The van der Waals surface area contributed by atoms with Crippen molar-refractivity contribution < 1.29 is 18.8 Å². The van der Waals surface area contributed by atoms with Crippen molar-refractivity contribution in [3.8, 4) is 22.9 Å². The van der Waals surface area contributed by atoms with E-state index in [4.69, 9.17) is 14.0 Å². The van der Waals surface area contributed by atoms with E-state index in [1.54, 1.807) is 26.4 Å². The summed E-state index contributed by atoms with van der Waals surface area (Å²) in [6.07, 6.45) is 1.97. The predicted octanol–water partition coefficient (Wildman–Crippen LogP) is 2.46. The summed E-state index contributed by atoms with van der Waals surface area (Å²) < 4.78 is 15.7. The van der Waals surface area contributed by atoms with Crippen LogP contribution in [0.15, 0.2) is 22.7 Å². The van der Waals surface area contributed by atoms with E-state index in [0.717, 1.165) is 18.0 Å². The predicted molar refractivity (Wildman–Crippen MR) is 91.4 cm³/mol. The number of amides is 1. The Balaban J connectivity index is 1.56. The number of aromatic nitrogens is 2. The number of aryl methyl sites for hydroxylation is 1. The number of hydrogen-bond donors (Lipinski definition) is 1. The van der Waals surface area contributed by atoms with E-state index in [2.05, 4.69) is 22.4 Å². The number of carbonyl (C=O) groups excluding carboxylic acids is 1. The summed E-state index contributed by atoms with van der Waals surface area (Å²) in [5.74, 6) is 3.54. The van der Waals surface area contributed by atoms with Crippen molar-refractivity contribution in [2.45, 2.75) is 26.2 Å². The summed E-state index contributed by atoms with van der Waals surface area (Å²) in [6.45, 7) is 2.96. The molecule has 1 aliphatic carbocycles. The first-order chi connectivity index (χ1) is 12.1. The van der Waals surface area contributed by atoms with Gasteiger partial charge >= 0.3 is 0 Å². The Kier molecular flexibility index (Phi) is 5.21. The third-order valence-electron chi connectivity index (χ3n) is 4.51. The molecule has 0 spiro atoms. The number of methoxy groups -OCH3 is 2. The molecule has 1 aliphatic rings. The maximum absolute atomic E-state index is 11.9. The fourth-order valence-corrected chi connectivity index (χ4v) is 2.69. The molecule has 1 aromatic carbocycles. The van der Waals surface area contributed by atoms with Gasteiger partial charge in [-0.2, -0.15) is 4.98 Å². The molecule has 1 heterocycles. The highest BCUT2D eigenvalue weighted by Gasteiger charge is 2.32. The Morgan fingerprint density at radius 3 is 2.76 bits per heavy atom. The van der Waals surface area contributed by atoms with Gasteiger partial charge in [0.1, 0.15) is 0 Å². The van der Waals surface area contributed by atoms with Crippen molar-refractivity contribution in [1.29, 1.82) is 0 Å². The fraction of sp³-hybridized carbons (Fsp3) is 0.500. The summed E-state index contributed by atoms with van der Waals surface area (Å²) >= 11 is 0. The summed E-state index contributed by atoms with van der Waals surface area (Å²) in [7, 11) is 3.16. The minimum Gasteiger partial charge on any atom is -0.493 e. The number of nitrogens with zero attached hydrogens (tertiary/aromatic N) is 2. The SMILES string of the molecule is COc1ccc(-c2noc(CCC(=O)NC[C@@H]3C[C@H]3C)n2)cc1OC.